The maximum Gasteiger partial charge on any atom is 0.150 e. The van der Waals surface area contributed by atoms with Crippen LogP contribution in [-0.4, -0.2) is 5.16 Å². The van der Waals surface area contributed by atoms with Gasteiger partial charge in [0.05, 0.1) is 12.2 Å². The van der Waals surface area contributed by atoms with Crippen LogP contribution < -0.4 is 5.32 Å². The minimum absolute atomic E-state index is 0.235. The van der Waals surface area contributed by atoms with Crippen LogP contribution in [0.1, 0.15) is 42.5 Å². The van der Waals surface area contributed by atoms with Gasteiger partial charge in [0, 0.05) is 12.1 Å². The summed E-state index contributed by atoms with van der Waals surface area (Å²) in [4.78, 5) is 0. The van der Waals surface area contributed by atoms with Crippen molar-refractivity contribution in [2.24, 2.45) is 5.41 Å². The van der Waals surface area contributed by atoms with Crippen LogP contribution in [0.15, 0.2) is 34.9 Å². The van der Waals surface area contributed by atoms with Crippen molar-refractivity contribution in [2.75, 3.05) is 0 Å². The Labute approximate surface area is 114 Å². The first-order valence-corrected chi connectivity index (χ1v) is 6.80. The smallest absolute Gasteiger partial charge is 0.150 e. The second-order valence-electron chi connectivity index (χ2n) is 6.11. The van der Waals surface area contributed by atoms with Crippen molar-refractivity contribution in [3.05, 3.63) is 52.9 Å². The topological polar surface area (TPSA) is 38.1 Å². The zero-order valence-corrected chi connectivity index (χ0v) is 11.7. The summed E-state index contributed by atoms with van der Waals surface area (Å²) in [5.74, 6) is 0.901. The predicted molar refractivity (Wildman–Crippen MR) is 74.7 cm³/mol. The fourth-order valence-electron chi connectivity index (χ4n) is 3.08. The molecular formula is C16H20N2O. The molecule has 0 bridgehead atoms. The third-order valence-electron chi connectivity index (χ3n) is 3.95. The van der Waals surface area contributed by atoms with Crippen molar-refractivity contribution in [1.82, 2.24) is 10.5 Å². The summed E-state index contributed by atoms with van der Waals surface area (Å²) in [6.45, 7) is 7.30. The second kappa shape index (κ2) is 4.49. The molecule has 0 radical (unpaired) electrons. The highest BCUT2D eigenvalue weighted by atomic mass is 16.5. The van der Waals surface area contributed by atoms with Gasteiger partial charge in [0.1, 0.15) is 0 Å². The Kier molecular flexibility index (Phi) is 2.94. The average Bonchev–Trinajstić information content (AvgIpc) is 2.87. The van der Waals surface area contributed by atoms with Gasteiger partial charge in [0.2, 0.25) is 0 Å². The number of aromatic nitrogens is 1. The van der Waals surface area contributed by atoms with Crippen molar-refractivity contribution < 1.29 is 4.52 Å². The van der Waals surface area contributed by atoms with Gasteiger partial charge in [-0.2, -0.15) is 0 Å². The normalized spacial score (nSPS) is 20.5. The molecule has 1 atom stereocenters. The number of hydrogen-bond acceptors (Lipinski definition) is 3. The Hall–Kier alpha value is -1.61. The minimum atomic E-state index is 0.235. The first kappa shape index (κ1) is 12.4. The van der Waals surface area contributed by atoms with Gasteiger partial charge in [0.15, 0.2) is 5.76 Å². The number of nitrogens with zero attached hydrogens (tertiary/aromatic N) is 1. The zero-order valence-electron chi connectivity index (χ0n) is 11.7. The highest BCUT2D eigenvalue weighted by Gasteiger charge is 2.38. The highest BCUT2D eigenvalue weighted by molar-refractivity contribution is 5.37. The molecule has 0 aliphatic heterocycles. The van der Waals surface area contributed by atoms with Crippen LogP contribution in [0.5, 0.6) is 0 Å². The predicted octanol–water partition coefficient (Wildman–Crippen LogP) is 3.40. The van der Waals surface area contributed by atoms with Crippen LogP contribution >= 0.6 is 0 Å². The van der Waals surface area contributed by atoms with Crippen LogP contribution in [-0.2, 0) is 13.0 Å². The summed E-state index contributed by atoms with van der Waals surface area (Å²) >= 11 is 0. The van der Waals surface area contributed by atoms with Crippen LogP contribution in [0.2, 0.25) is 0 Å². The Bertz CT molecular complexity index is 586. The summed E-state index contributed by atoms with van der Waals surface area (Å²) in [7, 11) is 0. The van der Waals surface area contributed by atoms with E-state index in [1.165, 1.54) is 11.1 Å². The van der Waals surface area contributed by atoms with E-state index >= 15 is 0 Å². The molecule has 1 aliphatic rings. The molecule has 1 aliphatic carbocycles. The van der Waals surface area contributed by atoms with Crippen molar-refractivity contribution in [2.45, 2.75) is 39.8 Å². The molecule has 2 aromatic rings. The van der Waals surface area contributed by atoms with Crippen molar-refractivity contribution in [1.29, 1.82) is 0 Å². The fourth-order valence-corrected chi connectivity index (χ4v) is 3.08. The maximum atomic E-state index is 5.27. The number of benzene rings is 1. The van der Waals surface area contributed by atoms with E-state index in [9.17, 15) is 0 Å². The van der Waals surface area contributed by atoms with Gasteiger partial charge < -0.3 is 9.84 Å². The van der Waals surface area contributed by atoms with Crippen LogP contribution in [0.25, 0.3) is 0 Å². The third kappa shape index (κ3) is 2.30. The fraction of sp³-hybridized carbons (Fsp3) is 0.438. The van der Waals surface area contributed by atoms with Crippen molar-refractivity contribution >= 4 is 0 Å². The van der Waals surface area contributed by atoms with Gasteiger partial charge in [-0.05, 0) is 29.9 Å². The van der Waals surface area contributed by atoms with E-state index in [-0.39, 0.29) is 5.41 Å². The number of rotatable bonds is 3. The molecule has 1 aromatic heterocycles. The second-order valence-corrected chi connectivity index (χ2v) is 6.11. The molecule has 0 spiro atoms. The Balaban J connectivity index is 1.79. The molecule has 0 fully saturated rings. The third-order valence-corrected chi connectivity index (χ3v) is 3.95. The molecule has 1 N–H and O–H groups in total. The largest absolute Gasteiger partial charge is 0.360 e. The zero-order chi connectivity index (χ0) is 13.5. The molecule has 1 heterocycles. The van der Waals surface area contributed by atoms with Crippen LogP contribution in [0.4, 0.5) is 0 Å². The summed E-state index contributed by atoms with van der Waals surface area (Å²) in [6.07, 6.45) is 1.12. The molecule has 3 heteroatoms. The Morgan fingerprint density at radius 3 is 2.89 bits per heavy atom. The number of aryl methyl sites for hydroxylation is 1. The van der Waals surface area contributed by atoms with Gasteiger partial charge >= 0.3 is 0 Å². The van der Waals surface area contributed by atoms with Crippen molar-refractivity contribution in [3.8, 4) is 0 Å². The molecule has 0 amide bonds. The summed E-state index contributed by atoms with van der Waals surface area (Å²) in [5, 5.41) is 7.55. The van der Waals surface area contributed by atoms with Gasteiger partial charge in [0.25, 0.3) is 0 Å². The molecule has 3 nitrogen and oxygen atoms in total. The van der Waals surface area contributed by atoms with Crippen molar-refractivity contribution in [3.63, 3.8) is 0 Å². The molecule has 0 saturated heterocycles. The summed E-state index contributed by atoms with van der Waals surface area (Å²) < 4.78 is 5.27. The van der Waals surface area contributed by atoms with E-state index in [0.29, 0.717) is 6.04 Å². The van der Waals surface area contributed by atoms with E-state index in [1.807, 2.05) is 13.0 Å². The lowest BCUT2D eigenvalue weighted by atomic mass is 9.85. The standard InChI is InChI=1S/C16H20N2O/c1-11-8-13(19-18-11)10-17-15-14-7-5-4-6-12(14)9-16(15,2)3/h4-8,15,17H,9-10H2,1-3H3. The lowest BCUT2D eigenvalue weighted by Crippen LogP contribution is -2.30. The van der Waals surface area contributed by atoms with E-state index in [0.717, 1.165) is 24.4 Å². The summed E-state index contributed by atoms with van der Waals surface area (Å²) in [5.41, 5.74) is 4.05. The monoisotopic (exact) mass is 256 g/mol. The molecule has 100 valence electrons. The lowest BCUT2D eigenvalue weighted by Gasteiger charge is -2.28. The quantitative estimate of drug-likeness (QED) is 0.914. The molecular weight excluding hydrogens is 236 g/mol. The number of nitrogens with one attached hydrogen (secondary N) is 1. The average molecular weight is 256 g/mol. The summed E-state index contributed by atoms with van der Waals surface area (Å²) in [6, 6.07) is 11.1. The molecule has 19 heavy (non-hydrogen) atoms. The van der Waals surface area contributed by atoms with Gasteiger partial charge in [-0.25, -0.2) is 0 Å². The Morgan fingerprint density at radius 2 is 2.16 bits per heavy atom. The minimum Gasteiger partial charge on any atom is -0.360 e. The Morgan fingerprint density at radius 1 is 1.37 bits per heavy atom. The van der Waals surface area contributed by atoms with Gasteiger partial charge in [-0.1, -0.05) is 43.3 Å². The number of fused-ring (bicyclic) bond motifs is 1. The van der Waals surface area contributed by atoms with E-state index in [2.05, 4.69) is 48.6 Å². The van der Waals surface area contributed by atoms with Gasteiger partial charge in [-0.3, -0.25) is 0 Å². The maximum absolute atomic E-state index is 5.27. The van der Waals surface area contributed by atoms with E-state index < -0.39 is 0 Å². The molecule has 3 rings (SSSR count). The first-order chi connectivity index (χ1) is 9.06. The number of hydrogen-bond donors (Lipinski definition) is 1. The SMILES string of the molecule is Cc1cc(CNC2c3ccccc3CC2(C)C)on1. The molecule has 1 unspecified atom stereocenters. The molecule has 0 saturated carbocycles. The highest BCUT2D eigenvalue weighted by Crippen LogP contribution is 2.45. The van der Waals surface area contributed by atoms with E-state index in [1.54, 1.807) is 0 Å². The van der Waals surface area contributed by atoms with E-state index in [4.69, 9.17) is 4.52 Å². The molecule has 1 aromatic carbocycles. The first-order valence-electron chi connectivity index (χ1n) is 6.80. The lowest BCUT2D eigenvalue weighted by molar-refractivity contribution is 0.257. The van der Waals surface area contributed by atoms with Crippen LogP contribution in [0.3, 0.4) is 0 Å². The van der Waals surface area contributed by atoms with Crippen LogP contribution in [0, 0.1) is 12.3 Å². The van der Waals surface area contributed by atoms with Gasteiger partial charge in [-0.15, -0.1) is 0 Å².